The Balaban J connectivity index is 1.35. The highest BCUT2D eigenvalue weighted by Crippen LogP contribution is 2.34. The van der Waals surface area contributed by atoms with Gasteiger partial charge >= 0.3 is 0 Å². The highest BCUT2D eigenvalue weighted by Gasteiger charge is 2.40. The highest BCUT2D eigenvalue weighted by molar-refractivity contribution is 5.96. The molecule has 0 bridgehead atoms. The molecule has 2 aromatic rings. The van der Waals surface area contributed by atoms with Crippen LogP contribution >= 0.6 is 0 Å². The molecule has 1 amide bonds. The fourth-order valence-electron chi connectivity index (χ4n) is 5.79. The predicted octanol–water partition coefficient (Wildman–Crippen LogP) is 3.70. The Labute approximate surface area is 200 Å². The number of nitro benzene ring substituents is 1. The summed E-state index contributed by atoms with van der Waals surface area (Å²) in [4.78, 5) is 31.5. The van der Waals surface area contributed by atoms with E-state index in [1.54, 1.807) is 12.1 Å². The van der Waals surface area contributed by atoms with Gasteiger partial charge in [0.1, 0.15) is 5.69 Å². The van der Waals surface area contributed by atoms with Crippen LogP contribution in [0.2, 0.25) is 0 Å². The third-order valence-corrected chi connectivity index (χ3v) is 7.42. The van der Waals surface area contributed by atoms with Crippen LogP contribution in [-0.4, -0.2) is 72.1 Å². The van der Waals surface area contributed by atoms with Crippen molar-refractivity contribution >= 4 is 17.3 Å². The van der Waals surface area contributed by atoms with E-state index in [9.17, 15) is 14.9 Å². The van der Waals surface area contributed by atoms with Crippen LogP contribution in [0.25, 0.3) is 0 Å². The molecule has 3 heterocycles. The van der Waals surface area contributed by atoms with E-state index in [4.69, 9.17) is 4.74 Å². The van der Waals surface area contributed by atoms with Crippen molar-refractivity contribution in [2.75, 3.05) is 44.3 Å². The smallest absolute Gasteiger partial charge is 0.293 e. The van der Waals surface area contributed by atoms with Crippen molar-refractivity contribution < 1.29 is 14.5 Å². The number of hydrogen-bond donors (Lipinski definition) is 0. The average Bonchev–Trinajstić information content (AvgIpc) is 3.54. The van der Waals surface area contributed by atoms with Gasteiger partial charge in [-0.15, -0.1) is 0 Å². The maximum absolute atomic E-state index is 13.6. The number of ether oxygens (including phenoxy) is 1. The normalized spacial score (nSPS) is 23.4. The largest absolute Gasteiger partial charge is 0.378 e. The number of likely N-dealkylation sites (tertiary alicyclic amines) is 2. The van der Waals surface area contributed by atoms with Gasteiger partial charge in [-0.1, -0.05) is 30.3 Å². The van der Waals surface area contributed by atoms with Gasteiger partial charge in [0.2, 0.25) is 0 Å². The second-order valence-electron chi connectivity index (χ2n) is 9.43. The molecule has 8 nitrogen and oxygen atoms in total. The van der Waals surface area contributed by atoms with Gasteiger partial charge in [-0.3, -0.25) is 19.8 Å². The SMILES string of the molecule is O=C(c1ccc(N2CCOCC2)c([N+](=O)[O-])c1)N1CCC[C@@H]1[C@@H]1CCCN1Cc1ccccc1. The van der Waals surface area contributed by atoms with E-state index in [1.165, 1.54) is 11.6 Å². The van der Waals surface area contributed by atoms with Gasteiger partial charge < -0.3 is 14.5 Å². The summed E-state index contributed by atoms with van der Waals surface area (Å²) in [6.45, 7) is 4.96. The molecule has 34 heavy (non-hydrogen) atoms. The summed E-state index contributed by atoms with van der Waals surface area (Å²) in [5, 5.41) is 11.9. The molecule has 3 fully saturated rings. The molecule has 2 aromatic carbocycles. The standard InChI is InChI=1S/C26H32N4O4/c31-26(21-10-11-23(25(18-21)30(32)33)27-14-16-34-17-15-27)29-13-5-9-24(29)22-8-4-12-28(22)19-20-6-2-1-3-7-20/h1-3,6-7,10-11,18,22,24H,4-5,8-9,12-17,19H2/t22-,24+/m0/s1. The van der Waals surface area contributed by atoms with Crippen LogP contribution in [-0.2, 0) is 11.3 Å². The predicted molar refractivity (Wildman–Crippen MR) is 130 cm³/mol. The topological polar surface area (TPSA) is 79.2 Å². The summed E-state index contributed by atoms with van der Waals surface area (Å²) in [6.07, 6.45) is 4.17. The van der Waals surface area contributed by atoms with Gasteiger partial charge in [0.05, 0.1) is 18.1 Å². The Morgan fingerprint density at radius 1 is 0.971 bits per heavy atom. The first-order valence-electron chi connectivity index (χ1n) is 12.3. The van der Waals surface area contributed by atoms with Gasteiger partial charge in [-0.2, -0.15) is 0 Å². The lowest BCUT2D eigenvalue weighted by atomic mass is 10.0. The number of carbonyl (C=O) groups is 1. The Morgan fingerprint density at radius 2 is 1.71 bits per heavy atom. The molecule has 0 N–H and O–H groups in total. The minimum atomic E-state index is -0.373. The quantitative estimate of drug-likeness (QED) is 0.479. The molecule has 0 spiro atoms. The van der Waals surface area contributed by atoms with E-state index in [0.717, 1.165) is 38.8 Å². The molecule has 0 saturated carbocycles. The minimum absolute atomic E-state index is 0.00457. The zero-order chi connectivity index (χ0) is 23.5. The van der Waals surface area contributed by atoms with Crippen LogP contribution in [0.15, 0.2) is 48.5 Å². The fourth-order valence-corrected chi connectivity index (χ4v) is 5.79. The van der Waals surface area contributed by atoms with E-state index in [1.807, 2.05) is 15.9 Å². The van der Waals surface area contributed by atoms with Crippen molar-refractivity contribution in [1.29, 1.82) is 0 Å². The molecule has 180 valence electrons. The molecule has 0 aliphatic carbocycles. The van der Waals surface area contributed by atoms with Crippen molar-refractivity contribution in [2.24, 2.45) is 0 Å². The lowest BCUT2D eigenvalue weighted by molar-refractivity contribution is -0.384. The van der Waals surface area contributed by atoms with Crippen molar-refractivity contribution in [3.05, 3.63) is 69.8 Å². The molecular weight excluding hydrogens is 432 g/mol. The molecule has 3 aliphatic rings. The second-order valence-corrected chi connectivity index (χ2v) is 9.43. The van der Waals surface area contributed by atoms with E-state index in [0.29, 0.717) is 50.1 Å². The van der Waals surface area contributed by atoms with Gasteiger partial charge in [-0.05, 0) is 49.9 Å². The molecule has 0 radical (unpaired) electrons. The van der Waals surface area contributed by atoms with Crippen molar-refractivity contribution in [1.82, 2.24) is 9.80 Å². The summed E-state index contributed by atoms with van der Waals surface area (Å²) in [7, 11) is 0. The van der Waals surface area contributed by atoms with Gasteiger partial charge in [0.15, 0.2) is 0 Å². The number of rotatable bonds is 6. The summed E-state index contributed by atoms with van der Waals surface area (Å²) in [5.41, 5.74) is 2.26. The van der Waals surface area contributed by atoms with E-state index < -0.39 is 0 Å². The van der Waals surface area contributed by atoms with E-state index in [2.05, 4.69) is 29.2 Å². The van der Waals surface area contributed by atoms with Crippen molar-refractivity contribution in [3.8, 4) is 0 Å². The zero-order valence-corrected chi connectivity index (χ0v) is 19.5. The number of anilines is 1. The van der Waals surface area contributed by atoms with Crippen LogP contribution < -0.4 is 4.90 Å². The van der Waals surface area contributed by atoms with Crippen LogP contribution in [0, 0.1) is 10.1 Å². The van der Waals surface area contributed by atoms with Crippen LogP contribution in [0.4, 0.5) is 11.4 Å². The van der Waals surface area contributed by atoms with E-state index in [-0.39, 0.29) is 22.6 Å². The first kappa shape index (κ1) is 22.8. The molecule has 0 unspecified atom stereocenters. The van der Waals surface area contributed by atoms with Crippen molar-refractivity contribution in [2.45, 2.75) is 44.3 Å². The Morgan fingerprint density at radius 3 is 2.47 bits per heavy atom. The number of morpholine rings is 1. The monoisotopic (exact) mass is 464 g/mol. The molecule has 3 aliphatic heterocycles. The van der Waals surface area contributed by atoms with Gasteiger partial charge in [-0.25, -0.2) is 0 Å². The van der Waals surface area contributed by atoms with Crippen molar-refractivity contribution in [3.63, 3.8) is 0 Å². The third-order valence-electron chi connectivity index (χ3n) is 7.42. The van der Waals surface area contributed by atoms with Crippen LogP contribution in [0.3, 0.4) is 0 Å². The molecule has 5 rings (SSSR count). The molecule has 2 atom stereocenters. The second kappa shape index (κ2) is 10.1. The van der Waals surface area contributed by atoms with Crippen LogP contribution in [0.1, 0.15) is 41.6 Å². The summed E-state index contributed by atoms with van der Waals surface area (Å²) >= 11 is 0. The Hall–Kier alpha value is -2.97. The van der Waals surface area contributed by atoms with Gasteiger partial charge in [0, 0.05) is 49.9 Å². The number of amides is 1. The van der Waals surface area contributed by atoms with Crippen LogP contribution in [0.5, 0.6) is 0 Å². The number of nitrogens with zero attached hydrogens (tertiary/aromatic N) is 4. The highest BCUT2D eigenvalue weighted by atomic mass is 16.6. The molecule has 3 saturated heterocycles. The minimum Gasteiger partial charge on any atom is -0.378 e. The summed E-state index contributed by atoms with van der Waals surface area (Å²) in [6, 6.07) is 15.9. The number of carbonyl (C=O) groups excluding carboxylic acids is 1. The molecular formula is C26H32N4O4. The number of nitro groups is 1. The maximum atomic E-state index is 13.6. The van der Waals surface area contributed by atoms with E-state index >= 15 is 0 Å². The maximum Gasteiger partial charge on any atom is 0.293 e. The van der Waals surface area contributed by atoms with Gasteiger partial charge in [0.25, 0.3) is 11.6 Å². The number of hydrogen-bond acceptors (Lipinski definition) is 6. The average molecular weight is 465 g/mol. The molecule has 0 aromatic heterocycles. The Kier molecular flexibility index (Phi) is 6.78. The number of benzene rings is 2. The Bertz CT molecular complexity index is 1020. The first-order valence-corrected chi connectivity index (χ1v) is 12.3. The summed E-state index contributed by atoms with van der Waals surface area (Å²) < 4.78 is 5.38. The molecule has 8 heteroatoms. The summed E-state index contributed by atoms with van der Waals surface area (Å²) in [5.74, 6) is -0.0920. The third kappa shape index (κ3) is 4.65. The lowest BCUT2D eigenvalue weighted by Gasteiger charge is -2.35. The zero-order valence-electron chi connectivity index (χ0n) is 19.5. The first-order chi connectivity index (χ1) is 16.6. The fraction of sp³-hybridized carbons (Fsp3) is 0.500. The lowest BCUT2D eigenvalue weighted by Crippen LogP contribution is -2.48.